The molecule has 6 heterocycles. The molecule has 0 aliphatic heterocycles. The second-order valence-electron chi connectivity index (χ2n) is 27.1. The molecule has 0 spiro atoms. The summed E-state index contributed by atoms with van der Waals surface area (Å²) in [4.78, 5) is 0. The van der Waals surface area contributed by atoms with Gasteiger partial charge in [-0.05, 0) is 177 Å². The van der Waals surface area contributed by atoms with E-state index >= 15 is 0 Å². The number of furan rings is 2. The Morgan fingerprint density at radius 3 is 1.07 bits per heavy atom. The van der Waals surface area contributed by atoms with Crippen LogP contribution in [-0.4, -0.2) is 18.3 Å². The highest BCUT2D eigenvalue weighted by Gasteiger charge is 2.24. The Kier molecular flexibility index (Phi) is 12.1. The van der Waals surface area contributed by atoms with Gasteiger partial charge in [-0.2, -0.15) is 0 Å². The molecule has 0 atom stereocenters. The highest BCUT2D eigenvalue weighted by molar-refractivity contribution is 6.20. The Morgan fingerprint density at radius 1 is 0.167 bits per heavy atom. The first-order chi connectivity index (χ1) is 50.6. The SMILES string of the molecule is c1ccc(-n2c3ccccc3c3c(-c4ccc5c6ccc(-c7cccc(-n8c9ccccc9c9c(-c%10ccc%11c%12ccccc%12n(-c%12cccc(-c%13ccc%14c(c%13)oc%13ccccc%13%14)c%12)c%11c%10)cccc98)c7)cc6n(-c6ccccc6-c6ccc7c(c6)oc6ccccc67)c5c4)cccc32)cc1. The molecule has 0 fully saturated rings. The van der Waals surface area contributed by atoms with Crippen molar-refractivity contribution in [2.24, 2.45) is 0 Å². The standard InChI is InChI=1S/C96H58N4O2/c1-2-22-66(23-3-1)97-84-36-12-6-30-80(84)95-71(32-18-38-86(95)97)64-45-49-75-74-47-42-61(54-89(74)100(90(75)56-64)82-34-10-4-26-69(82)65-46-51-79-77-29-9-15-41-92(77)102-94(79)58-65)59-20-16-24-67(52-59)98-85-37-13-7-31-81(85)96-70(33-19-39-87(96)98)63-44-48-73-72-27-5-11-35-83(72)99(88(73)55-63)68-25-17-21-60(53-68)62-43-50-78-76-28-8-14-40-91(76)101-93(78)57-62/h1-58H. The smallest absolute Gasteiger partial charge is 0.136 e. The van der Waals surface area contributed by atoms with E-state index in [1.165, 1.54) is 65.3 Å². The average molecular weight is 1300 g/mol. The fourth-order valence-electron chi connectivity index (χ4n) is 17.1. The molecule has 0 radical (unpaired) electrons. The molecule has 6 nitrogen and oxygen atoms in total. The molecule has 0 N–H and O–H groups in total. The Balaban J connectivity index is 0.695. The van der Waals surface area contributed by atoms with Gasteiger partial charge in [-0.3, -0.25) is 0 Å². The van der Waals surface area contributed by atoms with Gasteiger partial charge in [0.15, 0.2) is 0 Å². The maximum Gasteiger partial charge on any atom is 0.136 e. The number of rotatable bonds is 9. The number of hydrogen-bond donors (Lipinski definition) is 0. The zero-order valence-corrected chi connectivity index (χ0v) is 55.1. The van der Waals surface area contributed by atoms with E-state index in [1.54, 1.807) is 0 Å². The molecule has 0 saturated carbocycles. The molecule has 22 rings (SSSR count). The van der Waals surface area contributed by atoms with E-state index in [0.29, 0.717) is 0 Å². The molecule has 474 valence electrons. The third-order valence-electron chi connectivity index (χ3n) is 21.6. The van der Waals surface area contributed by atoms with Crippen LogP contribution in [0.5, 0.6) is 0 Å². The molecule has 6 aromatic heterocycles. The third-order valence-corrected chi connectivity index (χ3v) is 21.6. The van der Waals surface area contributed by atoms with Gasteiger partial charge in [0.1, 0.15) is 22.3 Å². The Morgan fingerprint density at radius 2 is 0.500 bits per heavy atom. The third kappa shape index (κ3) is 8.41. The summed E-state index contributed by atoms with van der Waals surface area (Å²) in [5.41, 5.74) is 28.5. The lowest BCUT2D eigenvalue weighted by molar-refractivity contribution is 0.668. The van der Waals surface area contributed by atoms with Crippen molar-refractivity contribution in [3.05, 3.63) is 352 Å². The van der Waals surface area contributed by atoms with Crippen molar-refractivity contribution in [2.75, 3.05) is 0 Å². The average Bonchev–Trinajstić information content (AvgIpc) is 1.57. The van der Waals surface area contributed by atoms with Gasteiger partial charge in [-0.15, -0.1) is 0 Å². The van der Waals surface area contributed by atoms with Crippen molar-refractivity contribution < 1.29 is 8.83 Å². The van der Waals surface area contributed by atoms with Crippen LogP contribution in [0.1, 0.15) is 0 Å². The molecule has 0 amide bonds. The van der Waals surface area contributed by atoms with Crippen molar-refractivity contribution in [3.63, 3.8) is 0 Å². The van der Waals surface area contributed by atoms with Gasteiger partial charge in [0.05, 0.1) is 49.8 Å². The van der Waals surface area contributed by atoms with Crippen LogP contribution >= 0.6 is 0 Å². The summed E-state index contributed by atoms with van der Waals surface area (Å²) in [5.74, 6) is 0. The van der Waals surface area contributed by atoms with Crippen molar-refractivity contribution in [1.82, 2.24) is 18.3 Å². The lowest BCUT2D eigenvalue weighted by Gasteiger charge is -2.15. The van der Waals surface area contributed by atoms with E-state index in [1.807, 2.05) is 18.2 Å². The van der Waals surface area contributed by atoms with Crippen LogP contribution in [0.2, 0.25) is 0 Å². The molecule has 0 aliphatic rings. The van der Waals surface area contributed by atoms with Gasteiger partial charge >= 0.3 is 0 Å². The first-order valence-corrected chi connectivity index (χ1v) is 34.9. The van der Waals surface area contributed by atoms with Gasteiger partial charge < -0.3 is 27.1 Å². The minimum absolute atomic E-state index is 0.867. The maximum absolute atomic E-state index is 6.58. The van der Waals surface area contributed by atoms with Crippen LogP contribution in [0.25, 0.3) is 209 Å². The van der Waals surface area contributed by atoms with E-state index < -0.39 is 0 Å². The second-order valence-corrected chi connectivity index (χ2v) is 27.1. The summed E-state index contributed by atoms with van der Waals surface area (Å²) < 4.78 is 22.8. The van der Waals surface area contributed by atoms with E-state index in [9.17, 15) is 0 Å². The van der Waals surface area contributed by atoms with Crippen molar-refractivity contribution in [2.45, 2.75) is 0 Å². The fourth-order valence-corrected chi connectivity index (χ4v) is 17.1. The minimum atomic E-state index is 0.867. The topological polar surface area (TPSA) is 46.0 Å². The lowest BCUT2D eigenvalue weighted by Crippen LogP contribution is -1.98. The number of para-hydroxylation sites is 7. The molecule has 16 aromatic carbocycles. The number of fused-ring (bicyclic) bond motifs is 18. The minimum Gasteiger partial charge on any atom is -0.456 e. The Bertz CT molecular complexity index is 7270. The summed E-state index contributed by atoms with van der Waals surface area (Å²) in [6.07, 6.45) is 0. The molecule has 102 heavy (non-hydrogen) atoms. The van der Waals surface area contributed by atoms with Crippen LogP contribution in [0.15, 0.2) is 361 Å². The monoisotopic (exact) mass is 1300 g/mol. The number of benzene rings is 16. The van der Waals surface area contributed by atoms with Crippen LogP contribution < -0.4 is 0 Å². The van der Waals surface area contributed by atoms with Crippen molar-refractivity contribution >= 4 is 131 Å². The van der Waals surface area contributed by atoms with Gasteiger partial charge in [0.25, 0.3) is 0 Å². The molecule has 6 heteroatoms. The van der Waals surface area contributed by atoms with Gasteiger partial charge in [-0.25, -0.2) is 0 Å². The number of hydrogen-bond acceptors (Lipinski definition) is 2. The first kappa shape index (κ1) is 56.3. The Labute approximate surface area is 584 Å². The summed E-state index contributed by atoms with van der Waals surface area (Å²) in [6.45, 7) is 0. The predicted molar refractivity (Wildman–Crippen MR) is 426 cm³/mol. The van der Waals surface area contributed by atoms with Crippen LogP contribution in [0.3, 0.4) is 0 Å². The second kappa shape index (κ2) is 21.9. The fraction of sp³-hybridized carbons (Fsp3) is 0. The summed E-state index contributed by atoms with van der Waals surface area (Å²) >= 11 is 0. The van der Waals surface area contributed by atoms with Gasteiger partial charge in [0, 0.05) is 87.3 Å². The summed E-state index contributed by atoms with van der Waals surface area (Å²) in [7, 11) is 0. The predicted octanol–water partition coefficient (Wildman–Crippen LogP) is 26.2. The normalized spacial score (nSPS) is 12.1. The van der Waals surface area contributed by atoms with Crippen LogP contribution in [0.4, 0.5) is 0 Å². The van der Waals surface area contributed by atoms with Crippen molar-refractivity contribution in [3.8, 4) is 78.4 Å². The summed E-state index contributed by atoms with van der Waals surface area (Å²) in [5, 5.41) is 14.1. The van der Waals surface area contributed by atoms with Crippen LogP contribution in [0, 0.1) is 0 Å². The van der Waals surface area contributed by atoms with Crippen molar-refractivity contribution in [1.29, 1.82) is 0 Å². The lowest BCUT2D eigenvalue weighted by atomic mass is 9.98. The zero-order valence-electron chi connectivity index (χ0n) is 55.1. The molecular formula is C96H58N4O2. The van der Waals surface area contributed by atoms with E-state index in [-0.39, 0.29) is 0 Å². The Hall–Kier alpha value is -13.7. The van der Waals surface area contributed by atoms with E-state index in [2.05, 4.69) is 352 Å². The van der Waals surface area contributed by atoms with E-state index in [4.69, 9.17) is 8.83 Å². The maximum atomic E-state index is 6.58. The van der Waals surface area contributed by atoms with Gasteiger partial charge in [-0.1, -0.05) is 224 Å². The van der Waals surface area contributed by atoms with Gasteiger partial charge in [0.2, 0.25) is 0 Å². The first-order valence-electron chi connectivity index (χ1n) is 34.9. The molecule has 0 unspecified atom stereocenters. The quantitative estimate of drug-likeness (QED) is 0.145. The zero-order chi connectivity index (χ0) is 66.7. The summed E-state index contributed by atoms with van der Waals surface area (Å²) in [6, 6.07) is 129. The molecular weight excluding hydrogens is 1240 g/mol. The highest BCUT2D eigenvalue weighted by Crippen LogP contribution is 2.47. The molecule has 0 bridgehead atoms. The largest absolute Gasteiger partial charge is 0.456 e. The van der Waals surface area contributed by atoms with E-state index in [0.717, 1.165) is 144 Å². The molecule has 0 aliphatic carbocycles. The van der Waals surface area contributed by atoms with Crippen LogP contribution in [-0.2, 0) is 0 Å². The molecule has 22 aromatic rings. The number of nitrogens with zero attached hydrogens (tertiary/aromatic N) is 4. The highest BCUT2D eigenvalue weighted by atomic mass is 16.3. The molecule has 0 saturated heterocycles. The number of aromatic nitrogens is 4.